The fourth-order valence-electron chi connectivity index (χ4n) is 2.57. The Bertz CT molecular complexity index is 929. The molecule has 1 atom stereocenters. The molecule has 28 heavy (non-hydrogen) atoms. The van der Waals surface area contributed by atoms with E-state index >= 15 is 0 Å². The Kier molecular flexibility index (Phi) is 6.33. The summed E-state index contributed by atoms with van der Waals surface area (Å²) in [6.07, 6.45) is 1.57. The molecule has 0 radical (unpaired) electrons. The van der Waals surface area contributed by atoms with E-state index in [0.717, 1.165) is 22.2 Å². The SMILES string of the molecule is COc1ccc(N2C(=O)CC(SC(N)=N/N=C/c3ccc(Cl)cc3)C2=O)cc1. The first-order valence-corrected chi connectivity index (χ1v) is 9.53. The van der Waals surface area contributed by atoms with Gasteiger partial charge in [0.15, 0.2) is 5.17 Å². The van der Waals surface area contributed by atoms with Crippen molar-refractivity contribution in [1.82, 2.24) is 0 Å². The van der Waals surface area contributed by atoms with Crippen LogP contribution in [0.4, 0.5) is 5.69 Å². The highest BCUT2D eigenvalue weighted by atomic mass is 35.5. The third-order valence-electron chi connectivity index (χ3n) is 3.93. The summed E-state index contributed by atoms with van der Waals surface area (Å²) in [5.41, 5.74) is 7.16. The molecule has 2 aromatic rings. The third-order valence-corrected chi connectivity index (χ3v) is 5.16. The van der Waals surface area contributed by atoms with E-state index in [9.17, 15) is 9.59 Å². The number of nitrogens with two attached hydrogens (primary N) is 1. The number of anilines is 1. The number of amides is 2. The van der Waals surface area contributed by atoms with E-state index < -0.39 is 5.25 Å². The first-order valence-electron chi connectivity index (χ1n) is 8.27. The second-order valence-corrected chi connectivity index (χ2v) is 7.47. The second kappa shape index (κ2) is 8.90. The summed E-state index contributed by atoms with van der Waals surface area (Å²) in [7, 11) is 1.55. The van der Waals surface area contributed by atoms with E-state index in [1.807, 2.05) is 0 Å². The lowest BCUT2D eigenvalue weighted by atomic mass is 10.2. The lowest BCUT2D eigenvalue weighted by Gasteiger charge is -2.15. The maximum atomic E-state index is 12.6. The predicted molar refractivity (Wildman–Crippen MR) is 112 cm³/mol. The molecule has 1 saturated heterocycles. The van der Waals surface area contributed by atoms with Gasteiger partial charge >= 0.3 is 0 Å². The van der Waals surface area contributed by atoms with Crippen molar-refractivity contribution < 1.29 is 14.3 Å². The summed E-state index contributed by atoms with van der Waals surface area (Å²) in [6.45, 7) is 0. The van der Waals surface area contributed by atoms with E-state index in [2.05, 4.69) is 10.2 Å². The third kappa shape index (κ3) is 4.71. The van der Waals surface area contributed by atoms with Crippen molar-refractivity contribution in [3.8, 4) is 5.75 Å². The molecule has 2 N–H and O–H groups in total. The summed E-state index contributed by atoms with van der Waals surface area (Å²) in [5.74, 6) is 0.0221. The summed E-state index contributed by atoms with van der Waals surface area (Å²) in [6, 6.07) is 13.8. The number of imide groups is 1. The minimum Gasteiger partial charge on any atom is -0.497 e. The van der Waals surface area contributed by atoms with Crippen molar-refractivity contribution in [2.45, 2.75) is 11.7 Å². The molecule has 144 valence electrons. The van der Waals surface area contributed by atoms with Gasteiger partial charge in [0.25, 0.3) is 0 Å². The van der Waals surface area contributed by atoms with Gasteiger partial charge in [-0.1, -0.05) is 35.5 Å². The first kappa shape index (κ1) is 19.9. The predicted octanol–water partition coefficient (Wildman–Crippen LogP) is 3.06. The molecule has 3 rings (SSSR count). The van der Waals surface area contributed by atoms with Crippen LogP contribution < -0.4 is 15.4 Å². The number of hydrogen-bond acceptors (Lipinski definition) is 6. The maximum absolute atomic E-state index is 12.6. The van der Waals surface area contributed by atoms with Crippen LogP contribution in [0.1, 0.15) is 12.0 Å². The number of carbonyl (C=O) groups is 2. The van der Waals surface area contributed by atoms with Crippen LogP contribution >= 0.6 is 23.4 Å². The number of ether oxygens (including phenoxy) is 1. The van der Waals surface area contributed by atoms with Gasteiger partial charge < -0.3 is 10.5 Å². The van der Waals surface area contributed by atoms with Gasteiger partial charge in [-0.05, 0) is 42.0 Å². The highest BCUT2D eigenvalue weighted by molar-refractivity contribution is 8.14. The maximum Gasteiger partial charge on any atom is 0.247 e. The second-order valence-electron chi connectivity index (χ2n) is 5.81. The molecule has 1 fully saturated rings. The molecule has 1 aliphatic heterocycles. The van der Waals surface area contributed by atoms with Crippen LogP contribution in [0.2, 0.25) is 5.02 Å². The first-order chi connectivity index (χ1) is 13.5. The smallest absolute Gasteiger partial charge is 0.247 e. The Labute approximate surface area is 171 Å². The van der Waals surface area contributed by atoms with Crippen LogP contribution in [0, 0.1) is 0 Å². The zero-order valence-corrected chi connectivity index (χ0v) is 16.5. The van der Waals surface area contributed by atoms with Gasteiger partial charge in [-0.2, -0.15) is 5.10 Å². The fraction of sp³-hybridized carbons (Fsp3) is 0.158. The van der Waals surface area contributed by atoms with E-state index in [1.165, 1.54) is 6.21 Å². The number of halogens is 1. The highest BCUT2D eigenvalue weighted by Gasteiger charge is 2.40. The lowest BCUT2D eigenvalue weighted by molar-refractivity contribution is -0.121. The minimum atomic E-state index is -0.635. The van der Waals surface area contributed by atoms with Gasteiger partial charge in [-0.3, -0.25) is 9.59 Å². The number of rotatable bonds is 5. The van der Waals surface area contributed by atoms with E-state index in [4.69, 9.17) is 22.1 Å². The molecule has 2 amide bonds. The lowest BCUT2D eigenvalue weighted by Crippen LogP contribution is -2.31. The summed E-state index contributed by atoms with van der Waals surface area (Å²) in [4.78, 5) is 26.1. The van der Waals surface area contributed by atoms with Crippen molar-refractivity contribution in [2.75, 3.05) is 12.0 Å². The van der Waals surface area contributed by atoms with Crippen molar-refractivity contribution in [1.29, 1.82) is 0 Å². The molecule has 0 bridgehead atoms. The number of amidine groups is 1. The fourth-order valence-corrected chi connectivity index (χ4v) is 3.51. The molecule has 1 aliphatic rings. The largest absolute Gasteiger partial charge is 0.497 e. The Balaban J connectivity index is 1.64. The average Bonchev–Trinajstić information content (AvgIpc) is 2.96. The number of methoxy groups -OCH3 is 1. The quantitative estimate of drug-likeness (QED) is 0.349. The minimum absolute atomic E-state index is 0.0483. The van der Waals surface area contributed by atoms with Gasteiger partial charge in [-0.25, -0.2) is 4.90 Å². The number of benzene rings is 2. The molecule has 0 aromatic heterocycles. The van der Waals surface area contributed by atoms with Gasteiger partial charge in [-0.15, -0.1) is 5.10 Å². The Morgan fingerprint density at radius 3 is 2.54 bits per heavy atom. The van der Waals surface area contributed by atoms with Crippen LogP contribution in [0.15, 0.2) is 58.7 Å². The monoisotopic (exact) mass is 416 g/mol. The number of thioether (sulfide) groups is 1. The average molecular weight is 417 g/mol. The van der Waals surface area contributed by atoms with Crippen LogP contribution in [-0.4, -0.2) is 35.6 Å². The summed E-state index contributed by atoms with van der Waals surface area (Å²) in [5, 5.41) is 7.88. The molecule has 9 heteroatoms. The molecule has 0 saturated carbocycles. The number of carbonyl (C=O) groups excluding carboxylic acids is 2. The van der Waals surface area contributed by atoms with Gasteiger partial charge in [0, 0.05) is 11.4 Å². The van der Waals surface area contributed by atoms with Gasteiger partial charge in [0.2, 0.25) is 11.8 Å². The molecule has 2 aromatic carbocycles. The van der Waals surface area contributed by atoms with Crippen LogP contribution in [0.5, 0.6) is 5.75 Å². The molecule has 0 spiro atoms. The highest BCUT2D eigenvalue weighted by Crippen LogP contribution is 2.30. The van der Waals surface area contributed by atoms with Crippen molar-refractivity contribution >= 4 is 52.2 Å². The van der Waals surface area contributed by atoms with Crippen molar-refractivity contribution in [3.05, 3.63) is 59.1 Å². The van der Waals surface area contributed by atoms with Crippen molar-refractivity contribution in [3.63, 3.8) is 0 Å². The van der Waals surface area contributed by atoms with E-state index in [-0.39, 0.29) is 23.4 Å². The van der Waals surface area contributed by atoms with Gasteiger partial charge in [0.05, 0.1) is 19.0 Å². The van der Waals surface area contributed by atoms with E-state index in [1.54, 1.807) is 55.6 Å². The Morgan fingerprint density at radius 1 is 1.21 bits per heavy atom. The molecule has 1 unspecified atom stereocenters. The normalized spacial score (nSPS) is 17.6. The molecular formula is C19H17ClN4O3S. The van der Waals surface area contributed by atoms with E-state index in [0.29, 0.717) is 16.5 Å². The van der Waals surface area contributed by atoms with Crippen LogP contribution in [-0.2, 0) is 9.59 Å². The zero-order chi connectivity index (χ0) is 20.1. The zero-order valence-electron chi connectivity index (χ0n) is 14.9. The molecule has 0 aliphatic carbocycles. The van der Waals surface area contributed by atoms with Crippen molar-refractivity contribution in [2.24, 2.45) is 15.9 Å². The molecule has 1 heterocycles. The molecular weight excluding hydrogens is 400 g/mol. The van der Waals surface area contributed by atoms with Gasteiger partial charge in [0.1, 0.15) is 11.0 Å². The number of hydrogen-bond donors (Lipinski definition) is 1. The standard InChI is InChI=1S/C19H17ClN4O3S/c1-27-15-8-6-14(7-9-15)24-17(25)10-16(18(24)26)28-19(21)23-22-11-12-2-4-13(20)5-3-12/h2-9,11,16H,10H2,1H3,(H2,21,23)/b22-11+. The molecule has 7 nitrogen and oxygen atoms in total. The topological polar surface area (TPSA) is 97.3 Å². The van der Waals surface area contributed by atoms with Crippen LogP contribution in [0.3, 0.4) is 0 Å². The Morgan fingerprint density at radius 2 is 1.89 bits per heavy atom. The van der Waals surface area contributed by atoms with Crippen LogP contribution in [0.25, 0.3) is 0 Å². The summed E-state index contributed by atoms with van der Waals surface area (Å²) < 4.78 is 5.09. The number of nitrogens with zero attached hydrogens (tertiary/aromatic N) is 3. The summed E-state index contributed by atoms with van der Waals surface area (Å²) >= 11 is 6.84. The Hall–Kier alpha value is -2.84.